The van der Waals surface area contributed by atoms with Crippen molar-refractivity contribution in [1.82, 2.24) is 14.7 Å². The number of aryl methyl sites for hydroxylation is 1. The molecule has 0 aliphatic carbocycles. The van der Waals surface area contributed by atoms with Gasteiger partial charge in [0, 0.05) is 26.3 Å². The third-order valence-electron chi connectivity index (χ3n) is 4.87. The Morgan fingerprint density at radius 2 is 1.87 bits per heavy atom. The maximum atomic E-state index is 12.7. The molecule has 122 valence electrons. The van der Waals surface area contributed by atoms with E-state index in [1.807, 2.05) is 55.3 Å². The zero-order chi connectivity index (χ0) is 16.4. The molecule has 1 aliphatic heterocycles. The molecular weight excluding hydrogens is 290 g/mol. The van der Waals surface area contributed by atoms with Crippen LogP contribution in [0.5, 0.6) is 0 Å². The van der Waals surface area contributed by atoms with Gasteiger partial charge < -0.3 is 10.0 Å². The second-order valence-electron chi connectivity index (χ2n) is 6.33. The first-order valence-corrected chi connectivity index (χ1v) is 8.06. The van der Waals surface area contributed by atoms with E-state index in [0.29, 0.717) is 25.9 Å². The van der Waals surface area contributed by atoms with Crippen molar-refractivity contribution in [3.63, 3.8) is 0 Å². The molecule has 0 bridgehead atoms. The number of aromatic nitrogens is 2. The van der Waals surface area contributed by atoms with Crippen LogP contribution < -0.4 is 0 Å². The molecule has 1 saturated heterocycles. The average molecular weight is 313 g/mol. The number of aliphatic hydroxyl groups is 1. The van der Waals surface area contributed by atoms with Crippen molar-refractivity contribution < 1.29 is 9.90 Å². The molecule has 1 fully saturated rings. The van der Waals surface area contributed by atoms with E-state index in [9.17, 15) is 9.90 Å². The SMILES string of the molecule is C[C@@H](C(=O)N1CCC(O)(c2ccnn2C)CC1)c1ccccc1. The Balaban J connectivity index is 1.67. The zero-order valence-electron chi connectivity index (χ0n) is 13.6. The molecular formula is C18H23N3O2. The molecule has 2 heterocycles. The van der Waals surface area contributed by atoms with Crippen LogP contribution in [0, 0.1) is 0 Å². The number of piperidine rings is 1. The number of rotatable bonds is 3. The first-order valence-electron chi connectivity index (χ1n) is 8.06. The Bertz CT molecular complexity index is 673. The lowest BCUT2D eigenvalue weighted by Gasteiger charge is -2.39. The second kappa shape index (κ2) is 6.16. The highest BCUT2D eigenvalue weighted by Crippen LogP contribution is 2.33. The van der Waals surface area contributed by atoms with Gasteiger partial charge in [0.2, 0.25) is 5.91 Å². The summed E-state index contributed by atoms with van der Waals surface area (Å²) in [6, 6.07) is 11.7. The lowest BCUT2D eigenvalue weighted by Crippen LogP contribution is -2.47. The van der Waals surface area contributed by atoms with Gasteiger partial charge in [0.05, 0.1) is 11.6 Å². The number of nitrogens with zero attached hydrogens (tertiary/aromatic N) is 3. The highest BCUT2D eigenvalue weighted by Gasteiger charge is 2.38. The van der Waals surface area contributed by atoms with Crippen molar-refractivity contribution in [2.75, 3.05) is 13.1 Å². The van der Waals surface area contributed by atoms with Crippen LogP contribution in [0.1, 0.15) is 36.9 Å². The van der Waals surface area contributed by atoms with Crippen LogP contribution in [-0.4, -0.2) is 38.8 Å². The number of carbonyl (C=O) groups excluding carboxylic acids is 1. The van der Waals surface area contributed by atoms with Crippen molar-refractivity contribution in [3.05, 3.63) is 53.9 Å². The summed E-state index contributed by atoms with van der Waals surface area (Å²) in [6.45, 7) is 3.08. The Hall–Kier alpha value is -2.14. The van der Waals surface area contributed by atoms with Gasteiger partial charge in [-0.2, -0.15) is 5.10 Å². The fourth-order valence-corrected chi connectivity index (χ4v) is 3.34. The molecule has 2 aromatic rings. The van der Waals surface area contributed by atoms with E-state index in [1.165, 1.54) is 0 Å². The standard InChI is InChI=1S/C18H23N3O2/c1-14(15-6-4-3-5-7-15)17(22)21-12-9-18(23,10-13-21)16-8-11-19-20(16)2/h3-8,11,14,23H,9-10,12-13H2,1-2H3/t14-/m1/s1. The summed E-state index contributed by atoms with van der Waals surface area (Å²) < 4.78 is 1.71. The topological polar surface area (TPSA) is 58.4 Å². The molecule has 5 nitrogen and oxygen atoms in total. The summed E-state index contributed by atoms with van der Waals surface area (Å²) in [5.74, 6) is -0.0256. The molecule has 0 spiro atoms. The van der Waals surface area contributed by atoms with Crippen molar-refractivity contribution >= 4 is 5.91 Å². The van der Waals surface area contributed by atoms with Crippen LogP contribution in [0.2, 0.25) is 0 Å². The molecule has 0 unspecified atom stereocenters. The minimum absolute atomic E-state index is 0.128. The minimum Gasteiger partial charge on any atom is -0.383 e. The van der Waals surface area contributed by atoms with Crippen molar-refractivity contribution in [2.24, 2.45) is 7.05 Å². The van der Waals surface area contributed by atoms with E-state index in [1.54, 1.807) is 10.9 Å². The zero-order valence-corrected chi connectivity index (χ0v) is 13.6. The smallest absolute Gasteiger partial charge is 0.229 e. The quantitative estimate of drug-likeness (QED) is 0.943. The van der Waals surface area contributed by atoms with E-state index >= 15 is 0 Å². The van der Waals surface area contributed by atoms with Crippen molar-refractivity contribution in [1.29, 1.82) is 0 Å². The van der Waals surface area contributed by atoms with E-state index in [-0.39, 0.29) is 11.8 Å². The van der Waals surface area contributed by atoms with Crippen LogP contribution in [0.25, 0.3) is 0 Å². The Kier molecular flexibility index (Phi) is 4.22. The lowest BCUT2D eigenvalue weighted by atomic mass is 9.87. The molecule has 1 atom stereocenters. The van der Waals surface area contributed by atoms with Gasteiger partial charge in [-0.25, -0.2) is 0 Å². The first-order chi connectivity index (χ1) is 11.0. The Morgan fingerprint density at radius 3 is 2.43 bits per heavy atom. The second-order valence-corrected chi connectivity index (χ2v) is 6.33. The number of likely N-dealkylation sites (tertiary alicyclic amines) is 1. The normalized spacial score (nSPS) is 18.7. The van der Waals surface area contributed by atoms with Crippen LogP contribution in [0.4, 0.5) is 0 Å². The van der Waals surface area contributed by atoms with E-state index in [4.69, 9.17) is 0 Å². The number of benzene rings is 1. The predicted octanol–water partition coefficient (Wildman–Crippen LogP) is 2.03. The molecule has 0 radical (unpaired) electrons. The number of hydrogen-bond acceptors (Lipinski definition) is 3. The van der Waals surface area contributed by atoms with Gasteiger partial charge >= 0.3 is 0 Å². The summed E-state index contributed by atoms with van der Waals surface area (Å²) in [5.41, 5.74) is 0.962. The van der Waals surface area contributed by atoms with Gasteiger partial charge in [0.1, 0.15) is 5.60 Å². The van der Waals surface area contributed by atoms with Gasteiger partial charge in [-0.3, -0.25) is 9.48 Å². The maximum absolute atomic E-state index is 12.7. The summed E-state index contributed by atoms with van der Waals surface area (Å²) in [5, 5.41) is 15.0. The van der Waals surface area contributed by atoms with Crippen molar-refractivity contribution in [3.8, 4) is 0 Å². The van der Waals surface area contributed by atoms with Gasteiger partial charge in [-0.15, -0.1) is 0 Å². The van der Waals surface area contributed by atoms with E-state index in [2.05, 4.69) is 5.10 Å². The molecule has 3 rings (SSSR count). The van der Waals surface area contributed by atoms with E-state index in [0.717, 1.165) is 11.3 Å². The number of amides is 1. The number of carbonyl (C=O) groups is 1. The Morgan fingerprint density at radius 1 is 1.22 bits per heavy atom. The third-order valence-corrected chi connectivity index (χ3v) is 4.87. The van der Waals surface area contributed by atoms with Crippen LogP contribution in [-0.2, 0) is 17.4 Å². The van der Waals surface area contributed by atoms with Gasteiger partial charge in [-0.05, 0) is 31.4 Å². The van der Waals surface area contributed by atoms with E-state index < -0.39 is 5.60 Å². The molecule has 1 amide bonds. The predicted molar refractivity (Wildman–Crippen MR) is 87.8 cm³/mol. The average Bonchev–Trinajstić information content (AvgIpc) is 3.02. The minimum atomic E-state index is -0.891. The number of hydrogen-bond donors (Lipinski definition) is 1. The monoisotopic (exact) mass is 313 g/mol. The van der Waals surface area contributed by atoms with Gasteiger partial charge in [0.15, 0.2) is 0 Å². The molecule has 1 aliphatic rings. The molecule has 1 aromatic heterocycles. The summed E-state index contributed by atoms with van der Waals surface area (Å²) in [6.07, 6.45) is 2.78. The van der Waals surface area contributed by atoms with Crippen LogP contribution >= 0.6 is 0 Å². The fraction of sp³-hybridized carbons (Fsp3) is 0.444. The Labute approximate surface area is 136 Å². The molecule has 23 heavy (non-hydrogen) atoms. The van der Waals surface area contributed by atoms with Crippen LogP contribution in [0.15, 0.2) is 42.6 Å². The maximum Gasteiger partial charge on any atom is 0.229 e. The summed E-state index contributed by atoms with van der Waals surface area (Å²) in [4.78, 5) is 14.6. The van der Waals surface area contributed by atoms with Crippen LogP contribution in [0.3, 0.4) is 0 Å². The summed E-state index contributed by atoms with van der Waals surface area (Å²) >= 11 is 0. The highest BCUT2D eigenvalue weighted by atomic mass is 16.3. The lowest BCUT2D eigenvalue weighted by molar-refractivity contribution is -0.137. The molecule has 1 aromatic carbocycles. The largest absolute Gasteiger partial charge is 0.383 e. The molecule has 5 heteroatoms. The van der Waals surface area contributed by atoms with Gasteiger partial charge in [0.25, 0.3) is 0 Å². The molecule has 0 saturated carbocycles. The first kappa shape index (κ1) is 15.7. The van der Waals surface area contributed by atoms with Crippen molar-refractivity contribution in [2.45, 2.75) is 31.3 Å². The van der Waals surface area contributed by atoms with Gasteiger partial charge in [-0.1, -0.05) is 30.3 Å². The highest BCUT2D eigenvalue weighted by molar-refractivity contribution is 5.83. The molecule has 1 N–H and O–H groups in total. The third kappa shape index (κ3) is 3.01. The summed E-state index contributed by atoms with van der Waals surface area (Å²) in [7, 11) is 1.84. The fourth-order valence-electron chi connectivity index (χ4n) is 3.34.